The topological polar surface area (TPSA) is 129 Å². The van der Waals surface area contributed by atoms with E-state index in [-0.39, 0.29) is 18.9 Å². The predicted molar refractivity (Wildman–Crippen MR) is 90.8 cm³/mol. The second kappa shape index (κ2) is 8.87. The van der Waals surface area contributed by atoms with Crippen molar-refractivity contribution in [1.82, 2.24) is 5.43 Å². The summed E-state index contributed by atoms with van der Waals surface area (Å²) in [4.78, 5) is 20.6. The van der Waals surface area contributed by atoms with Gasteiger partial charge in [-0.25, -0.2) is 10.2 Å². The molecule has 9 nitrogen and oxygen atoms in total. The van der Waals surface area contributed by atoms with Gasteiger partial charge in [0.05, 0.1) is 11.1 Å². The maximum atomic E-state index is 10.6. The lowest BCUT2D eigenvalue weighted by Gasteiger charge is -2.08. The molecule has 0 radical (unpaired) electrons. The maximum absolute atomic E-state index is 10.6. The minimum atomic E-state index is -0.743. The molecule has 0 saturated heterocycles. The fourth-order valence-corrected chi connectivity index (χ4v) is 1.84. The first kappa shape index (κ1) is 17.7. The lowest BCUT2D eigenvalue weighted by Crippen LogP contribution is -2.24. The number of nitrogens with one attached hydrogen (secondary N) is 1. The van der Waals surface area contributed by atoms with E-state index < -0.39 is 11.0 Å². The smallest absolute Gasteiger partial charge is 0.332 e. The van der Waals surface area contributed by atoms with E-state index in [4.69, 9.17) is 15.2 Å². The van der Waals surface area contributed by atoms with Crippen molar-refractivity contribution < 1.29 is 19.2 Å². The fourth-order valence-electron chi connectivity index (χ4n) is 1.84. The molecule has 0 aliphatic rings. The van der Waals surface area contributed by atoms with E-state index >= 15 is 0 Å². The number of hydrogen-bond donors (Lipinski definition) is 2. The number of nitro benzene ring substituents is 1. The van der Waals surface area contributed by atoms with Crippen molar-refractivity contribution in [2.45, 2.75) is 0 Å². The molecule has 9 heteroatoms. The number of rotatable bonds is 8. The number of non-ortho nitro benzene ring substituents is 1. The van der Waals surface area contributed by atoms with E-state index in [1.807, 2.05) is 0 Å². The van der Waals surface area contributed by atoms with Gasteiger partial charge in [-0.3, -0.25) is 10.1 Å². The van der Waals surface area contributed by atoms with Crippen molar-refractivity contribution in [3.63, 3.8) is 0 Å². The minimum Gasteiger partial charge on any atom is -0.490 e. The predicted octanol–water partition coefficient (Wildman–Crippen LogP) is 2.05. The van der Waals surface area contributed by atoms with Crippen molar-refractivity contribution >= 4 is 17.9 Å². The Morgan fingerprint density at radius 2 is 1.84 bits per heavy atom. The van der Waals surface area contributed by atoms with Gasteiger partial charge in [0.1, 0.15) is 24.7 Å². The van der Waals surface area contributed by atoms with E-state index in [0.717, 1.165) is 5.56 Å². The van der Waals surface area contributed by atoms with Crippen LogP contribution < -0.4 is 20.6 Å². The van der Waals surface area contributed by atoms with Crippen LogP contribution in [-0.2, 0) is 0 Å². The molecule has 2 amide bonds. The quantitative estimate of drug-likeness (QED) is 0.328. The Morgan fingerprint density at radius 3 is 2.48 bits per heavy atom. The Morgan fingerprint density at radius 1 is 1.16 bits per heavy atom. The summed E-state index contributed by atoms with van der Waals surface area (Å²) in [5, 5.41) is 14.2. The number of carbonyl (C=O) groups is 1. The third-order valence-electron chi connectivity index (χ3n) is 2.91. The number of nitrogens with two attached hydrogens (primary N) is 1. The van der Waals surface area contributed by atoms with Crippen LogP contribution >= 0.6 is 0 Å². The SMILES string of the molecule is NC(=O)NN=Cc1cccc(OCCOc2ccc([N+](=O)[O-])cc2)c1. The largest absolute Gasteiger partial charge is 0.490 e. The highest BCUT2D eigenvalue weighted by Crippen LogP contribution is 2.17. The number of hydrazone groups is 1. The van der Waals surface area contributed by atoms with Crippen LogP contribution in [0.15, 0.2) is 53.6 Å². The van der Waals surface area contributed by atoms with Crippen LogP contribution in [0.2, 0.25) is 0 Å². The molecule has 3 N–H and O–H groups in total. The van der Waals surface area contributed by atoms with Crippen molar-refractivity contribution in [1.29, 1.82) is 0 Å². The average Bonchev–Trinajstić information content (AvgIpc) is 2.59. The number of carbonyl (C=O) groups excluding carboxylic acids is 1. The molecular formula is C16H16N4O5. The van der Waals surface area contributed by atoms with Gasteiger partial charge in [-0.2, -0.15) is 5.10 Å². The number of nitro groups is 1. The van der Waals surface area contributed by atoms with Gasteiger partial charge in [0.15, 0.2) is 0 Å². The van der Waals surface area contributed by atoms with Crippen LogP contribution in [0.1, 0.15) is 5.56 Å². The Kier molecular flexibility index (Phi) is 6.29. The second-order valence-corrected chi connectivity index (χ2v) is 4.75. The highest BCUT2D eigenvalue weighted by Gasteiger charge is 2.04. The Hall–Kier alpha value is -3.62. The lowest BCUT2D eigenvalue weighted by atomic mass is 10.2. The van der Waals surface area contributed by atoms with Crippen LogP contribution in [0, 0.1) is 10.1 Å². The van der Waals surface area contributed by atoms with Crippen LogP contribution in [0.3, 0.4) is 0 Å². The minimum absolute atomic E-state index is 0.00732. The van der Waals surface area contributed by atoms with Gasteiger partial charge in [0.2, 0.25) is 0 Å². The summed E-state index contributed by atoms with van der Waals surface area (Å²) in [6.07, 6.45) is 1.44. The van der Waals surface area contributed by atoms with E-state index in [1.165, 1.54) is 30.5 Å². The molecule has 0 aliphatic heterocycles. The highest BCUT2D eigenvalue weighted by atomic mass is 16.6. The molecule has 0 aromatic heterocycles. The number of hydrogen-bond acceptors (Lipinski definition) is 6. The number of amides is 2. The van der Waals surface area contributed by atoms with Crippen molar-refractivity contribution in [2.75, 3.05) is 13.2 Å². The summed E-state index contributed by atoms with van der Waals surface area (Å²) in [5.41, 5.74) is 7.73. The Labute approximate surface area is 143 Å². The maximum Gasteiger partial charge on any atom is 0.332 e. The Bertz CT molecular complexity index is 761. The standard InChI is InChI=1S/C16H16N4O5/c17-16(21)19-18-11-12-2-1-3-15(10-12)25-9-8-24-14-6-4-13(5-7-14)20(22)23/h1-7,10-11H,8-9H2,(H3,17,19,21). The molecule has 0 spiro atoms. The first-order chi connectivity index (χ1) is 12.0. The lowest BCUT2D eigenvalue weighted by molar-refractivity contribution is -0.384. The monoisotopic (exact) mass is 344 g/mol. The van der Waals surface area contributed by atoms with Gasteiger partial charge >= 0.3 is 6.03 Å². The number of nitrogens with zero attached hydrogens (tertiary/aromatic N) is 2. The molecule has 25 heavy (non-hydrogen) atoms. The number of benzene rings is 2. The van der Waals surface area contributed by atoms with Crippen LogP contribution in [0.5, 0.6) is 11.5 Å². The number of urea groups is 1. The summed E-state index contributed by atoms with van der Waals surface area (Å²) in [6, 6.07) is 12.1. The van der Waals surface area contributed by atoms with Gasteiger partial charge < -0.3 is 15.2 Å². The van der Waals surface area contributed by atoms with E-state index in [2.05, 4.69) is 10.5 Å². The van der Waals surface area contributed by atoms with Crippen LogP contribution in [0.25, 0.3) is 0 Å². The average molecular weight is 344 g/mol. The molecule has 0 bridgehead atoms. The van der Waals surface area contributed by atoms with Crippen molar-refractivity contribution in [3.8, 4) is 11.5 Å². The third-order valence-corrected chi connectivity index (χ3v) is 2.91. The molecule has 0 fully saturated rings. The van der Waals surface area contributed by atoms with E-state index in [1.54, 1.807) is 24.3 Å². The summed E-state index contributed by atoms with van der Waals surface area (Å²) in [6.45, 7) is 0.566. The number of primary amides is 1. The number of ether oxygens (including phenoxy) is 2. The molecule has 2 aromatic rings. The molecule has 0 heterocycles. The first-order valence-electron chi connectivity index (χ1n) is 7.23. The normalized spacial score (nSPS) is 10.4. The third kappa shape index (κ3) is 6.18. The van der Waals surface area contributed by atoms with Gasteiger partial charge in [0, 0.05) is 12.1 Å². The molecule has 130 valence electrons. The molecule has 2 rings (SSSR count). The molecule has 0 atom stereocenters. The molecule has 0 aliphatic carbocycles. The molecule has 2 aromatic carbocycles. The summed E-state index contributed by atoms with van der Waals surface area (Å²) in [7, 11) is 0. The fraction of sp³-hybridized carbons (Fsp3) is 0.125. The molecule has 0 saturated carbocycles. The molecule has 0 unspecified atom stereocenters. The Balaban J connectivity index is 1.78. The summed E-state index contributed by atoms with van der Waals surface area (Å²) >= 11 is 0. The van der Waals surface area contributed by atoms with E-state index in [0.29, 0.717) is 11.5 Å². The van der Waals surface area contributed by atoms with E-state index in [9.17, 15) is 14.9 Å². The zero-order chi connectivity index (χ0) is 18.1. The zero-order valence-electron chi connectivity index (χ0n) is 13.1. The van der Waals surface area contributed by atoms with Crippen LogP contribution in [-0.4, -0.2) is 30.4 Å². The van der Waals surface area contributed by atoms with Gasteiger partial charge in [-0.05, 0) is 29.8 Å². The highest BCUT2D eigenvalue weighted by molar-refractivity contribution is 5.81. The summed E-state index contributed by atoms with van der Waals surface area (Å²) in [5.74, 6) is 1.13. The van der Waals surface area contributed by atoms with Crippen molar-refractivity contribution in [3.05, 3.63) is 64.2 Å². The van der Waals surface area contributed by atoms with Crippen LogP contribution in [0.4, 0.5) is 10.5 Å². The van der Waals surface area contributed by atoms with Crippen molar-refractivity contribution in [2.24, 2.45) is 10.8 Å². The summed E-state index contributed by atoms with van der Waals surface area (Å²) < 4.78 is 11.0. The molecular weight excluding hydrogens is 328 g/mol. The second-order valence-electron chi connectivity index (χ2n) is 4.75. The zero-order valence-corrected chi connectivity index (χ0v) is 13.1. The first-order valence-corrected chi connectivity index (χ1v) is 7.23. The van der Waals surface area contributed by atoms with Gasteiger partial charge in [0.25, 0.3) is 5.69 Å². The van der Waals surface area contributed by atoms with Gasteiger partial charge in [-0.15, -0.1) is 0 Å². The van der Waals surface area contributed by atoms with Gasteiger partial charge in [-0.1, -0.05) is 12.1 Å².